The number of hydrogen-bond acceptors (Lipinski definition) is 6. The molecule has 0 aliphatic carbocycles. The molecule has 0 atom stereocenters. The number of rotatable bonds is 9. The van der Waals surface area contributed by atoms with Gasteiger partial charge in [-0.15, -0.1) is 0 Å². The Morgan fingerprint density at radius 1 is 1.15 bits per heavy atom. The summed E-state index contributed by atoms with van der Waals surface area (Å²) < 4.78 is 14.1. The number of halogens is 1. The minimum Gasteiger partial charge on any atom is -0.462 e. The van der Waals surface area contributed by atoms with Crippen molar-refractivity contribution in [2.45, 2.75) is 46.8 Å². The molecular weight excluding hydrogens is 532 g/mol. The van der Waals surface area contributed by atoms with E-state index in [-0.39, 0.29) is 41.3 Å². The third-order valence-corrected chi connectivity index (χ3v) is 6.33. The first kappa shape index (κ1) is 28.9. The minimum absolute atomic E-state index is 0.00104. The lowest BCUT2D eigenvalue weighted by Gasteiger charge is -2.16. The maximum absolute atomic E-state index is 13.6. The molecule has 0 saturated heterocycles. The summed E-state index contributed by atoms with van der Waals surface area (Å²) in [7, 11) is 0. The van der Waals surface area contributed by atoms with Crippen LogP contribution < -0.4 is 11.0 Å². The third kappa shape index (κ3) is 6.55. The lowest BCUT2D eigenvalue weighted by Crippen LogP contribution is -2.33. The van der Waals surface area contributed by atoms with E-state index in [4.69, 9.17) is 26.1 Å². The predicted molar refractivity (Wildman–Crippen MR) is 154 cm³/mol. The van der Waals surface area contributed by atoms with Crippen molar-refractivity contribution >= 4 is 46.2 Å². The zero-order valence-electron chi connectivity index (χ0n) is 22.9. The lowest BCUT2D eigenvalue weighted by molar-refractivity contribution is -0.113. The quantitative estimate of drug-likeness (QED) is 0.126. The highest BCUT2D eigenvalue weighted by molar-refractivity contribution is 6.30. The van der Waals surface area contributed by atoms with Gasteiger partial charge in [0.25, 0.3) is 11.5 Å². The number of benzene rings is 1. The Labute approximate surface area is 236 Å². The summed E-state index contributed by atoms with van der Waals surface area (Å²) in [6.45, 7) is 8.24. The van der Waals surface area contributed by atoms with Gasteiger partial charge in [0, 0.05) is 30.4 Å². The van der Waals surface area contributed by atoms with Crippen molar-refractivity contribution in [2.75, 3.05) is 13.2 Å². The maximum Gasteiger partial charge on any atom is 0.341 e. The van der Waals surface area contributed by atoms with Gasteiger partial charge in [-0.2, -0.15) is 4.99 Å². The first-order valence-electron chi connectivity index (χ1n) is 13.1. The van der Waals surface area contributed by atoms with E-state index < -0.39 is 11.9 Å². The number of carbonyl (C=O) groups excluding carboxylic acids is 2. The Bertz CT molecular complexity index is 1720. The Hall–Kier alpha value is -4.08. The second-order valence-corrected chi connectivity index (χ2v) is 9.84. The second-order valence-electron chi connectivity index (χ2n) is 9.40. The number of aryl methyl sites for hydroxylation is 2. The van der Waals surface area contributed by atoms with E-state index in [0.29, 0.717) is 29.3 Å². The van der Waals surface area contributed by atoms with Crippen LogP contribution in [0.1, 0.15) is 48.7 Å². The van der Waals surface area contributed by atoms with Crippen LogP contribution in [-0.4, -0.2) is 45.1 Å². The van der Waals surface area contributed by atoms with Gasteiger partial charge in [-0.3, -0.25) is 14.0 Å². The molecule has 208 valence electrons. The van der Waals surface area contributed by atoms with Gasteiger partial charge in [0.1, 0.15) is 16.9 Å². The molecular formula is C30H31ClN4O5. The molecule has 0 unspecified atom stereocenters. The summed E-state index contributed by atoms with van der Waals surface area (Å²) in [5.41, 5.74) is 2.05. The molecule has 10 heteroatoms. The highest BCUT2D eigenvalue weighted by Gasteiger charge is 2.20. The average Bonchev–Trinajstić information content (AvgIpc) is 2.92. The van der Waals surface area contributed by atoms with E-state index in [2.05, 4.69) is 4.99 Å². The number of ether oxygens (including phenoxy) is 2. The first-order valence-corrected chi connectivity index (χ1v) is 13.4. The molecule has 0 aliphatic rings. The molecule has 1 aromatic carbocycles. The molecule has 0 spiro atoms. The van der Waals surface area contributed by atoms with Gasteiger partial charge in [-0.1, -0.05) is 29.8 Å². The number of esters is 1. The lowest BCUT2D eigenvalue weighted by atomic mass is 10.2. The Kier molecular flexibility index (Phi) is 9.29. The van der Waals surface area contributed by atoms with Crippen LogP contribution in [0.3, 0.4) is 0 Å². The molecule has 3 heterocycles. The molecule has 0 fully saturated rings. The minimum atomic E-state index is -0.696. The van der Waals surface area contributed by atoms with E-state index in [1.165, 1.54) is 16.5 Å². The zero-order valence-corrected chi connectivity index (χ0v) is 23.6. The molecule has 9 nitrogen and oxygen atoms in total. The first-order chi connectivity index (χ1) is 19.2. The average molecular weight is 563 g/mol. The Morgan fingerprint density at radius 2 is 1.90 bits per heavy atom. The largest absolute Gasteiger partial charge is 0.462 e. The van der Waals surface area contributed by atoms with Crippen LogP contribution in [0.25, 0.3) is 22.8 Å². The summed E-state index contributed by atoms with van der Waals surface area (Å²) >= 11 is 5.95. The van der Waals surface area contributed by atoms with Gasteiger partial charge >= 0.3 is 5.97 Å². The van der Waals surface area contributed by atoms with Gasteiger partial charge in [0.05, 0.1) is 18.1 Å². The van der Waals surface area contributed by atoms with E-state index in [1.54, 1.807) is 54.1 Å². The molecule has 40 heavy (non-hydrogen) atoms. The molecule has 3 aromatic heterocycles. The summed E-state index contributed by atoms with van der Waals surface area (Å²) in [6.07, 6.45) is 5.10. The standard InChI is InChI=1S/C30H31ClN4O5/c1-5-39-30(38)24-18-23-27(33-26-20(4)8-6-15-35(26)29(23)37)34(16-7-17-40-19(2)3)28(24)32-25(36)14-11-21-9-12-22(31)13-10-21/h6,8-15,18-19H,5,7,16-17H2,1-4H3/b14-11-,32-28?. The van der Waals surface area contributed by atoms with Gasteiger partial charge in [0.2, 0.25) is 0 Å². The van der Waals surface area contributed by atoms with Crippen molar-refractivity contribution in [1.29, 1.82) is 0 Å². The predicted octanol–water partition coefficient (Wildman–Crippen LogP) is 4.74. The van der Waals surface area contributed by atoms with Gasteiger partial charge < -0.3 is 14.0 Å². The number of hydrogen-bond donors (Lipinski definition) is 0. The molecule has 0 bridgehead atoms. The molecule has 0 N–H and O–H groups in total. The van der Waals surface area contributed by atoms with Crippen LogP contribution in [0.15, 0.2) is 64.5 Å². The fourth-order valence-electron chi connectivity index (χ4n) is 4.20. The summed E-state index contributed by atoms with van der Waals surface area (Å²) in [4.78, 5) is 48.9. The van der Waals surface area contributed by atoms with Crippen LogP contribution >= 0.6 is 11.6 Å². The summed E-state index contributed by atoms with van der Waals surface area (Å²) in [6, 6.07) is 12.0. The highest BCUT2D eigenvalue weighted by atomic mass is 35.5. The molecule has 0 aliphatic heterocycles. The summed E-state index contributed by atoms with van der Waals surface area (Å²) in [5.74, 6) is -1.29. The van der Waals surface area contributed by atoms with Crippen molar-refractivity contribution in [1.82, 2.24) is 14.0 Å². The normalized spacial score (nSPS) is 12.2. The molecule has 4 aromatic rings. The van der Waals surface area contributed by atoms with E-state index in [1.807, 2.05) is 26.8 Å². The molecule has 1 amide bonds. The topological polar surface area (TPSA) is 104 Å². The van der Waals surface area contributed by atoms with Crippen LogP contribution in [0.4, 0.5) is 0 Å². The summed E-state index contributed by atoms with van der Waals surface area (Å²) in [5, 5.41) is 0.788. The number of amides is 1. The molecule has 0 radical (unpaired) electrons. The second kappa shape index (κ2) is 12.8. The van der Waals surface area contributed by atoms with Crippen LogP contribution in [-0.2, 0) is 20.8 Å². The number of aromatic nitrogens is 3. The smallest absolute Gasteiger partial charge is 0.341 e. The Balaban J connectivity index is 1.97. The third-order valence-electron chi connectivity index (χ3n) is 6.08. The number of nitrogens with zero attached hydrogens (tertiary/aromatic N) is 4. The van der Waals surface area contributed by atoms with Crippen LogP contribution in [0.2, 0.25) is 5.02 Å². The van der Waals surface area contributed by atoms with Crippen LogP contribution in [0, 0.1) is 6.92 Å². The fourth-order valence-corrected chi connectivity index (χ4v) is 4.33. The van der Waals surface area contributed by atoms with Gasteiger partial charge in [-0.25, -0.2) is 9.78 Å². The molecule has 4 rings (SSSR count). The van der Waals surface area contributed by atoms with Crippen LogP contribution in [0.5, 0.6) is 0 Å². The SMILES string of the molecule is CCOC(=O)c1cc2c(=O)n3cccc(C)c3nc2n(CCCOC(C)C)c1=NC(=O)/C=C\c1ccc(Cl)cc1. The van der Waals surface area contributed by atoms with Gasteiger partial charge in [-0.05, 0) is 75.6 Å². The maximum atomic E-state index is 13.6. The van der Waals surface area contributed by atoms with Crippen molar-refractivity contribution in [3.8, 4) is 0 Å². The van der Waals surface area contributed by atoms with Gasteiger partial charge in [0.15, 0.2) is 5.49 Å². The monoisotopic (exact) mass is 562 g/mol. The number of carbonyl (C=O) groups is 2. The number of fused-ring (bicyclic) bond motifs is 2. The molecule has 0 saturated carbocycles. The van der Waals surface area contributed by atoms with E-state index >= 15 is 0 Å². The van der Waals surface area contributed by atoms with Crippen molar-refractivity contribution in [3.05, 3.63) is 92.3 Å². The highest BCUT2D eigenvalue weighted by Crippen LogP contribution is 2.15. The van der Waals surface area contributed by atoms with Crippen molar-refractivity contribution in [2.24, 2.45) is 4.99 Å². The van der Waals surface area contributed by atoms with E-state index in [0.717, 1.165) is 11.1 Å². The number of pyridine rings is 2. The zero-order chi connectivity index (χ0) is 28.8. The van der Waals surface area contributed by atoms with Crippen molar-refractivity contribution in [3.63, 3.8) is 0 Å². The van der Waals surface area contributed by atoms with E-state index in [9.17, 15) is 14.4 Å². The fraction of sp³-hybridized carbons (Fsp3) is 0.300. The Morgan fingerprint density at radius 3 is 2.60 bits per heavy atom. The van der Waals surface area contributed by atoms with Crippen molar-refractivity contribution < 1.29 is 19.1 Å².